The van der Waals surface area contributed by atoms with E-state index in [4.69, 9.17) is 0 Å². The third-order valence-electron chi connectivity index (χ3n) is 2.33. The molecule has 0 spiro atoms. The summed E-state index contributed by atoms with van der Waals surface area (Å²) in [6.07, 6.45) is 2.61. The maximum absolute atomic E-state index is 3.42. The quantitative estimate of drug-likeness (QED) is 0.611. The Morgan fingerprint density at radius 1 is 1.09 bits per heavy atom. The summed E-state index contributed by atoms with van der Waals surface area (Å²) in [5, 5.41) is 3.42. The molecule has 11 heavy (non-hydrogen) atoms. The minimum Gasteiger partial charge on any atom is -0.317 e. The van der Waals surface area contributed by atoms with E-state index in [9.17, 15) is 0 Å². The van der Waals surface area contributed by atoms with E-state index in [1.807, 2.05) is 0 Å². The van der Waals surface area contributed by atoms with Crippen LogP contribution in [0.4, 0.5) is 0 Å². The minimum atomic E-state index is 0.730. The molecular formula is C9H20N2. The molecule has 1 rings (SSSR count). The first kappa shape index (κ1) is 9.01. The summed E-state index contributed by atoms with van der Waals surface area (Å²) in [5.41, 5.74) is 0. The van der Waals surface area contributed by atoms with E-state index in [2.05, 4.69) is 24.1 Å². The summed E-state index contributed by atoms with van der Waals surface area (Å²) in [4.78, 5) is 2.57. The Morgan fingerprint density at radius 2 is 1.64 bits per heavy atom. The number of hydrogen-bond acceptors (Lipinski definition) is 2. The average Bonchev–Trinajstić information content (AvgIpc) is 1.84. The summed E-state index contributed by atoms with van der Waals surface area (Å²) in [5.74, 6) is 0. The van der Waals surface area contributed by atoms with E-state index in [1.54, 1.807) is 0 Å². The fraction of sp³-hybridized carbons (Fsp3) is 1.00. The highest BCUT2D eigenvalue weighted by atomic mass is 15.1. The predicted molar refractivity (Wildman–Crippen MR) is 48.8 cm³/mol. The van der Waals surface area contributed by atoms with Gasteiger partial charge in [0.1, 0.15) is 0 Å². The summed E-state index contributed by atoms with van der Waals surface area (Å²) < 4.78 is 0. The third-order valence-corrected chi connectivity index (χ3v) is 2.33. The van der Waals surface area contributed by atoms with E-state index in [-0.39, 0.29) is 0 Å². The topological polar surface area (TPSA) is 15.3 Å². The molecule has 0 amide bonds. The van der Waals surface area contributed by atoms with Gasteiger partial charge in [0, 0.05) is 6.04 Å². The van der Waals surface area contributed by atoms with Gasteiger partial charge in [-0.2, -0.15) is 0 Å². The molecule has 0 aromatic carbocycles. The molecule has 1 fully saturated rings. The second-order valence-electron chi connectivity index (χ2n) is 3.59. The fourth-order valence-electron chi connectivity index (χ4n) is 1.57. The lowest BCUT2D eigenvalue weighted by Gasteiger charge is -2.28. The van der Waals surface area contributed by atoms with E-state index in [0.29, 0.717) is 0 Å². The standard InChI is InChI=1S/C9H20N2/c1-9(2)11-7-3-5-10-6-4-8-11/h9-10H,3-8H2,1-2H3. The normalized spacial score (nSPS) is 23.2. The lowest BCUT2D eigenvalue weighted by atomic mass is 10.2. The summed E-state index contributed by atoms with van der Waals surface area (Å²) in [6.45, 7) is 9.51. The van der Waals surface area contributed by atoms with Gasteiger partial charge in [0.05, 0.1) is 0 Å². The lowest BCUT2D eigenvalue weighted by molar-refractivity contribution is 0.206. The zero-order valence-electron chi connectivity index (χ0n) is 7.77. The SMILES string of the molecule is CC(C)N1CCCNCCC1. The first-order valence-corrected chi connectivity index (χ1v) is 4.75. The fourth-order valence-corrected chi connectivity index (χ4v) is 1.57. The molecule has 66 valence electrons. The Bertz CT molecular complexity index is 93.7. The monoisotopic (exact) mass is 156 g/mol. The second kappa shape index (κ2) is 4.73. The molecule has 1 heterocycles. The van der Waals surface area contributed by atoms with Crippen LogP contribution in [0.25, 0.3) is 0 Å². The van der Waals surface area contributed by atoms with Gasteiger partial charge in [-0.3, -0.25) is 0 Å². The molecule has 0 aromatic rings. The van der Waals surface area contributed by atoms with Crippen LogP contribution in [0.2, 0.25) is 0 Å². The molecule has 2 heteroatoms. The van der Waals surface area contributed by atoms with Crippen LogP contribution in [0.3, 0.4) is 0 Å². The van der Waals surface area contributed by atoms with Crippen molar-refractivity contribution >= 4 is 0 Å². The van der Waals surface area contributed by atoms with Gasteiger partial charge in [-0.1, -0.05) is 0 Å². The van der Waals surface area contributed by atoms with Crippen LogP contribution in [0, 0.1) is 0 Å². The Morgan fingerprint density at radius 3 is 2.09 bits per heavy atom. The van der Waals surface area contributed by atoms with Crippen LogP contribution >= 0.6 is 0 Å². The van der Waals surface area contributed by atoms with Crippen LogP contribution in [0.1, 0.15) is 26.7 Å². The van der Waals surface area contributed by atoms with Crippen molar-refractivity contribution in [2.75, 3.05) is 26.2 Å². The maximum Gasteiger partial charge on any atom is 0.00386 e. The third kappa shape index (κ3) is 3.21. The molecule has 1 aliphatic rings. The van der Waals surface area contributed by atoms with Gasteiger partial charge in [0.25, 0.3) is 0 Å². The van der Waals surface area contributed by atoms with Gasteiger partial charge in [-0.15, -0.1) is 0 Å². The van der Waals surface area contributed by atoms with Crippen molar-refractivity contribution in [1.82, 2.24) is 10.2 Å². The number of rotatable bonds is 1. The molecule has 0 saturated carbocycles. The first-order chi connectivity index (χ1) is 5.30. The maximum atomic E-state index is 3.42. The van der Waals surface area contributed by atoms with Crippen molar-refractivity contribution in [3.63, 3.8) is 0 Å². The van der Waals surface area contributed by atoms with Crippen molar-refractivity contribution in [3.05, 3.63) is 0 Å². The Kier molecular flexibility index (Phi) is 3.87. The summed E-state index contributed by atoms with van der Waals surface area (Å²) >= 11 is 0. The molecule has 0 radical (unpaired) electrons. The second-order valence-corrected chi connectivity index (χ2v) is 3.59. The molecule has 1 aliphatic heterocycles. The largest absolute Gasteiger partial charge is 0.317 e. The smallest absolute Gasteiger partial charge is 0.00386 e. The average molecular weight is 156 g/mol. The van der Waals surface area contributed by atoms with Crippen molar-refractivity contribution in [2.24, 2.45) is 0 Å². The van der Waals surface area contributed by atoms with Crippen LogP contribution in [-0.2, 0) is 0 Å². The van der Waals surface area contributed by atoms with E-state index < -0.39 is 0 Å². The van der Waals surface area contributed by atoms with Crippen LogP contribution < -0.4 is 5.32 Å². The van der Waals surface area contributed by atoms with Gasteiger partial charge in [-0.05, 0) is 52.9 Å². The van der Waals surface area contributed by atoms with Crippen LogP contribution in [0.5, 0.6) is 0 Å². The summed E-state index contributed by atoms with van der Waals surface area (Å²) in [6, 6.07) is 0.730. The van der Waals surface area contributed by atoms with Crippen molar-refractivity contribution < 1.29 is 0 Å². The van der Waals surface area contributed by atoms with E-state index >= 15 is 0 Å². The Hall–Kier alpha value is -0.0800. The van der Waals surface area contributed by atoms with Gasteiger partial charge < -0.3 is 10.2 Å². The zero-order valence-corrected chi connectivity index (χ0v) is 7.77. The van der Waals surface area contributed by atoms with Crippen LogP contribution in [0.15, 0.2) is 0 Å². The molecule has 1 saturated heterocycles. The van der Waals surface area contributed by atoms with Gasteiger partial charge in [0.15, 0.2) is 0 Å². The lowest BCUT2D eigenvalue weighted by Crippen LogP contribution is -2.37. The molecular weight excluding hydrogens is 136 g/mol. The number of nitrogens with one attached hydrogen (secondary N) is 1. The highest BCUT2D eigenvalue weighted by molar-refractivity contribution is 4.66. The molecule has 0 bridgehead atoms. The number of nitrogens with zero attached hydrogens (tertiary/aromatic N) is 1. The number of hydrogen-bond donors (Lipinski definition) is 1. The Labute approximate surface area is 70.0 Å². The highest BCUT2D eigenvalue weighted by Crippen LogP contribution is 2.02. The first-order valence-electron chi connectivity index (χ1n) is 4.75. The highest BCUT2D eigenvalue weighted by Gasteiger charge is 2.09. The van der Waals surface area contributed by atoms with Gasteiger partial charge >= 0.3 is 0 Å². The molecule has 0 atom stereocenters. The molecule has 0 aliphatic carbocycles. The molecule has 2 nitrogen and oxygen atoms in total. The summed E-state index contributed by atoms with van der Waals surface area (Å²) in [7, 11) is 0. The molecule has 1 N–H and O–H groups in total. The van der Waals surface area contributed by atoms with Crippen LogP contribution in [-0.4, -0.2) is 37.1 Å². The minimum absolute atomic E-state index is 0.730. The van der Waals surface area contributed by atoms with Crippen molar-refractivity contribution in [3.8, 4) is 0 Å². The zero-order chi connectivity index (χ0) is 8.10. The molecule has 0 unspecified atom stereocenters. The van der Waals surface area contributed by atoms with Crippen molar-refractivity contribution in [2.45, 2.75) is 32.7 Å². The van der Waals surface area contributed by atoms with E-state index in [1.165, 1.54) is 39.0 Å². The Balaban J connectivity index is 2.26. The van der Waals surface area contributed by atoms with E-state index in [0.717, 1.165) is 6.04 Å². The van der Waals surface area contributed by atoms with Crippen molar-refractivity contribution in [1.29, 1.82) is 0 Å². The predicted octanol–water partition coefficient (Wildman–Crippen LogP) is 1.08. The van der Waals surface area contributed by atoms with Gasteiger partial charge in [0.2, 0.25) is 0 Å². The molecule has 0 aromatic heterocycles. The van der Waals surface area contributed by atoms with Gasteiger partial charge in [-0.25, -0.2) is 0 Å².